The Bertz CT molecular complexity index is 2990. The average Bonchev–Trinajstić information content (AvgIpc) is 3.98. The van der Waals surface area contributed by atoms with Crippen molar-refractivity contribution in [3.8, 4) is 56.3 Å². The topological polar surface area (TPSA) is 52.1 Å². The number of hydrogen-bond acceptors (Lipinski definition) is 5. The molecule has 5 heteroatoms. The average molecular weight is 735 g/mol. The Morgan fingerprint density at radius 1 is 0.375 bits per heavy atom. The third kappa shape index (κ3) is 4.55. The number of nitrogens with zero attached hydrogens (tertiary/aromatic N) is 2. The standard InChI is InChI=1S/C51H30N2O2S/c1-2-14-38-37(12-1)48-36(13-11-17-41(48)51(38)39-15-3-9-22-46(39)56-47-23-10-4-16-40(47)51)32-26-24-31(25-27-32)33-28-34(49-52-42-18-5-7-20-44(42)54-49)30-35(29-33)50-53-43-19-6-8-21-45(43)55-50/h1-30H. The van der Waals surface area contributed by atoms with E-state index < -0.39 is 5.41 Å². The van der Waals surface area contributed by atoms with Crippen LogP contribution in [0.2, 0.25) is 0 Å². The molecule has 262 valence electrons. The van der Waals surface area contributed by atoms with E-state index >= 15 is 0 Å². The van der Waals surface area contributed by atoms with Crippen LogP contribution in [0.25, 0.3) is 78.5 Å². The van der Waals surface area contributed by atoms with Crippen LogP contribution in [0.5, 0.6) is 0 Å². The number of benzene rings is 8. The highest BCUT2D eigenvalue weighted by molar-refractivity contribution is 7.99. The molecular weight excluding hydrogens is 705 g/mol. The zero-order valence-electron chi connectivity index (χ0n) is 29.9. The minimum atomic E-state index is -0.410. The molecule has 0 saturated heterocycles. The fraction of sp³-hybridized carbons (Fsp3) is 0.0196. The molecule has 3 heterocycles. The van der Waals surface area contributed by atoms with Gasteiger partial charge in [0.2, 0.25) is 11.8 Å². The normalized spacial score (nSPS) is 13.4. The summed E-state index contributed by atoms with van der Waals surface area (Å²) in [6, 6.07) is 64.7. The Balaban J connectivity index is 1.01. The van der Waals surface area contributed by atoms with E-state index in [1.54, 1.807) is 0 Å². The minimum absolute atomic E-state index is 0.410. The monoisotopic (exact) mass is 734 g/mol. The quantitative estimate of drug-likeness (QED) is 0.180. The summed E-state index contributed by atoms with van der Waals surface area (Å²) >= 11 is 1.87. The lowest BCUT2D eigenvalue weighted by atomic mass is 9.67. The van der Waals surface area contributed by atoms with E-state index in [9.17, 15) is 0 Å². The molecule has 56 heavy (non-hydrogen) atoms. The van der Waals surface area contributed by atoms with Gasteiger partial charge in [0.1, 0.15) is 11.0 Å². The molecule has 12 rings (SSSR count). The molecule has 0 atom stereocenters. The number of rotatable bonds is 4. The molecule has 10 aromatic rings. The molecule has 1 spiro atoms. The second-order valence-corrected chi connectivity index (χ2v) is 15.6. The van der Waals surface area contributed by atoms with Gasteiger partial charge in [-0.2, -0.15) is 0 Å². The van der Waals surface area contributed by atoms with Crippen LogP contribution in [0.1, 0.15) is 22.3 Å². The first-order valence-corrected chi connectivity index (χ1v) is 19.6. The maximum Gasteiger partial charge on any atom is 0.227 e. The molecule has 1 aliphatic carbocycles. The molecule has 0 N–H and O–H groups in total. The minimum Gasteiger partial charge on any atom is -0.436 e. The van der Waals surface area contributed by atoms with Crippen molar-refractivity contribution in [1.82, 2.24) is 9.97 Å². The number of fused-ring (bicyclic) bond motifs is 11. The van der Waals surface area contributed by atoms with Crippen LogP contribution >= 0.6 is 11.8 Å². The van der Waals surface area contributed by atoms with Crippen LogP contribution in [0.3, 0.4) is 0 Å². The molecule has 8 aromatic carbocycles. The molecule has 1 aliphatic heterocycles. The van der Waals surface area contributed by atoms with Crippen molar-refractivity contribution in [3.05, 3.63) is 204 Å². The molecule has 0 amide bonds. The van der Waals surface area contributed by atoms with Gasteiger partial charge in [0.15, 0.2) is 11.2 Å². The number of aromatic nitrogens is 2. The lowest BCUT2D eigenvalue weighted by Crippen LogP contribution is -2.31. The highest BCUT2D eigenvalue weighted by atomic mass is 32.2. The lowest BCUT2D eigenvalue weighted by molar-refractivity contribution is 0.617. The molecular formula is C51H30N2O2S. The number of hydrogen-bond donors (Lipinski definition) is 0. The van der Waals surface area contributed by atoms with Crippen molar-refractivity contribution in [2.45, 2.75) is 15.2 Å². The van der Waals surface area contributed by atoms with Crippen LogP contribution in [0.15, 0.2) is 201 Å². The predicted molar refractivity (Wildman–Crippen MR) is 225 cm³/mol. The van der Waals surface area contributed by atoms with E-state index in [4.69, 9.17) is 18.8 Å². The van der Waals surface area contributed by atoms with Gasteiger partial charge < -0.3 is 8.83 Å². The Labute approximate surface area is 327 Å². The van der Waals surface area contributed by atoms with Gasteiger partial charge in [0.05, 0.1) is 5.41 Å². The van der Waals surface area contributed by atoms with Crippen LogP contribution in [-0.2, 0) is 5.41 Å². The highest BCUT2D eigenvalue weighted by Gasteiger charge is 2.50. The molecule has 0 radical (unpaired) electrons. The first-order chi connectivity index (χ1) is 27.7. The molecule has 0 bridgehead atoms. The fourth-order valence-electron chi connectivity index (χ4n) is 9.02. The van der Waals surface area contributed by atoms with Gasteiger partial charge in [-0.1, -0.05) is 139 Å². The second kappa shape index (κ2) is 12.0. The van der Waals surface area contributed by atoms with Gasteiger partial charge in [0, 0.05) is 20.9 Å². The molecule has 2 aliphatic rings. The SMILES string of the molecule is c1ccc2c(c1)Sc1ccccc1C21c2ccccc2-c2c(-c3ccc(-c4cc(-c5nc6ccccc6o5)cc(-c5nc6ccccc6o5)c4)cc3)cccc21. The Morgan fingerprint density at radius 2 is 0.857 bits per heavy atom. The summed E-state index contributed by atoms with van der Waals surface area (Å²) in [5.41, 5.74) is 16.8. The van der Waals surface area contributed by atoms with Crippen molar-refractivity contribution in [1.29, 1.82) is 0 Å². The first kappa shape index (κ1) is 31.4. The Kier molecular flexibility index (Phi) is 6.74. The first-order valence-electron chi connectivity index (χ1n) is 18.8. The fourth-order valence-corrected chi connectivity index (χ4v) is 10.2. The van der Waals surface area contributed by atoms with Crippen molar-refractivity contribution >= 4 is 34.0 Å². The summed E-state index contributed by atoms with van der Waals surface area (Å²) in [5.74, 6) is 1.11. The van der Waals surface area contributed by atoms with E-state index in [0.717, 1.165) is 44.5 Å². The van der Waals surface area contributed by atoms with Crippen LogP contribution in [0.4, 0.5) is 0 Å². The van der Waals surface area contributed by atoms with Crippen molar-refractivity contribution in [3.63, 3.8) is 0 Å². The molecule has 0 unspecified atom stereocenters. The molecule has 4 nitrogen and oxygen atoms in total. The van der Waals surface area contributed by atoms with Crippen LogP contribution < -0.4 is 0 Å². The largest absolute Gasteiger partial charge is 0.436 e. The number of para-hydroxylation sites is 4. The molecule has 2 aromatic heterocycles. The van der Waals surface area contributed by atoms with Gasteiger partial charge in [-0.15, -0.1) is 0 Å². The lowest BCUT2D eigenvalue weighted by Gasteiger charge is -2.39. The maximum absolute atomic E-state index is 6.27. The van der Waals surface area contributed by atoms with Gasteiger partial charge in [-0.05, 0) is 110 Å². The predicted octanol–water partition coefficient (Wildman–Crippen LogP) is 13.5. The summed E-state index contributed by atoms with van der Waals surface area (Å²) in [6.45, 7) is 0. The summed E-state index contributed by atoms with van der Waals surface area (Å²) in [4.78, 5) is 12.3. The second-order valence-electron chi connectivity index (χ2n) is 14.5. The third-order valence-corrected chi connectivity index (χ3v) is 12.6. The molecule has 0 saturated carbocycles. The van der Waals surface area contributed by atoms with E-state index in [1.165, 1.54) is 54.3 Å². The molecule has 0 fully saturated rings. The van der Waals surface area contributed by atoms with Crippen molar-refractivity contribution in [2.24, 2.45) is 0 Å². The summed E-state index contributed by atoms with van der Waals surface area (Å²) in [7, 11) is 0. The summed E-state index contributed by atoms with van der Waals surface area (Å²) in [5, 5.41) is 0. The highest BCUT2D eigenvalue weighted by Crippen LogP contribution is 2.63. The van der Waals surface area contributed by atoms with E-state index in [-0.39, 0.29) is 0 Å². The Morgan fingerprint density at radius 3 is 1.48 bits per heavy atom. The van der Waals surface area contributed by atoms with Gasteiger partial charge >= 0.3 is 0 Å². The van der Waals surface area contributed by atoms with Gasteiger partial charge in [0.25, 0.3) is 0 Å². The van der Waals surface area contributed by atoms with Crippen molar-refractivity contribution in [2.75, 3.05) is 0 Å². The zero-order valence-corrected chi connectivity index (χ0v) is 30.8. The zero-order chi connectivity index (χ0) is 36.8. The smallest absolute Gasteiger partial charge is 0.227 e. The maximum atomic E-state index is 6.27. The Hall–Kier alpha value is -6.95. The van der Waals surface area contributed by atoms with Gasteiger partial charge in [-0.3, -0.25) is 0 Å². The van der Waals surface area contributed by atoms with E-state index in [1.807, 2.05) is 66.4 Å². The summed E-state index contributed by atoms with van der Waals surface area (Å²) < 4.78 is 12.5. The summed E-state index contributed by atoms with van der Waals surface area (Å²) in [6.07, 6.45) is 0. The van der Waals surface area contributed by atoms with Crippen molar-refractivity contribution < 1.29 is 8.83 Å². The number of oxazole rings is 2. The third-order valence-electron chi connectivity index (χ3n) is 11.4. The van der Waals surface area contributed by atoms with Crippen LogP contribution in [-0.4, -0.2) is 9.97 Å². The van der Waals surface area contributed by atoms with E-state index in [0.29, 0.717) is 11.8 Å². The van der Waals surface area contributed by atoms with Crippen LogP contribution in [0, 0.1) is 0 Å². The van der Waals surface area contributed by atoms with E-state index in [2.05, 4.69) is 127 Å². The van der Waals surface area contributed by atoms with Gasteiger partial charge in [-0.25, -0.2) is 9.97 Å².